The molecule has 0 aliphatic carbocycles. The molecule has 0 aliphatic rings. The van der Waals surface area contributed by atoms with Crippen molar-refractivity contribution >= 4 is 16.5 Å². The van der Waals surface area contributed by atoms with Gasteiger partial charge in [0.15, 0.2) is 11.5 Å². The van der Waals surface area contributed by atoms with Gasteiger partial charge in [0.2, 0.25) is 15.9 Å². The lowest BCUT2D eigenvalue weighted by molar-refractivity contribution is -0.138. The number of halogens is 3. The number of aryl methyl sites for hydroxylation is 2. The van der Waals surface area contributed by atoms with E-state index >= 15 is 0 Å². The third-order valence-corrected chi connectivity index (χ3v) is 6.59. The van der Waals surface area contributed by atoms with Crippen LogP contribution in [0.2, 0.25) is 0 Å². The van der Waals surface area contributed by atoms with Gasteiger partial charge in [-0.25, -0.2) is 0 Å². The number of ether oxygens (including phenoxy) is 4. The maximum absolute atomic E-state index is 12.8. The Hall–Kier alpha value is -3.29. The summed E-state index contributed by atoms with van der Waals surface area (Å²) in [4.78, 5) is 0. The van der Waals surface area contributed by atoms with Gasteiger partial charge in [0.1, 0.15) is 25.2 Å². The van der Waals surface area contributed by atoms with Crippen molar-refractivity contribution in [3.05, 3.63) is 52.0 Å². The average molecular weight is 557 g/mol. The standard InChI is InChI=1S/C25H31F3N4O5S/c1-14-6-5-7-15(2)20(14)36-8-9-37-21-18(34-3)11-16(12-19(21)35-4)10-17(13-29)22(33)30-24-32-31-23(38-24)25(26,27)28/h5-7,11-12,17,22,33H,8-10,13,29H2,1-4H3,(H,30,32). The van der Waals surface area contributed by atoms with Crippen LogP contribution in [-0.2, 0) is 12.6 Å². The second-order valence-corrected chi connectivity index (χ2v) is 9.42. The number of hydrogen-bond donors (Lipinski definition) is 3. The van der Waals surface area contributed by atoms with Gasteiger partial charge < -0.3 is 35.1 Å². The van der Waals surface area contributed by atoms with E-state index in [-0.39, 0.29) is 24.7 Å². The number of rotatable bonds is 13. The predicted octanol–water partition coefficient (Wildman–Crippen LogP) is 4.20. The minimum absolute atomic E-state index is 0.0393. The van der Waals surface area contributed by atoms with E-state index in [0.717, 1.165) is 16.9 Å². The summed E-state index contributed by atoms with van der Waals surface area (Å²) in [6, 6.07) is 9.37. The van der Waals surface area contributed by atoms with E-state index in [2.05, 4.69) is 15.5 Å². The van der Waals surface area contributed by atoms with Crippen molar-refractivity contribution in [2.75, 3.05) is 39.3 Å². The highest BCUT2D eigenvalue weighted by Crippen LogP contribution is 2.39. The van der Waals surface area contributed by atoms with Crippen LogP contribution in [0.1, 0.15) is 21.7 Å². The van der Waals surface area contributed by atoms with Gasteiger partial charge in [-0.2, -0.15) is 13.2 Å². The van der Waals surface area contributed by atoms with Crippen molar-refractivity contribution < 1.29 is 37.2 Å². The molecule has 0 saturated carbocycles. The van der Waals surface area contributed by atoms with Gasteiger partial charge in [-0.3, -0.25) is 0 Å². The maximum atomic E-state index is 12.8. The normalized spacial score (nSPS) is 13.1. The van der Waals surface area contributed by atoms with E-state index in [4.69, 9.17) is 24.7 Å². The zero-order valence-corrected chi connectivity index (χ0v) is 22.3. The molecule has 13 heteroatoms. The molecular weight excluding hydrogens is 525 g/mol. The number of aliphatic hydroxyl groups is 1. The lowest BCUT2D eigenvalue weighted by Gasteiger charge is -2.23. The van der Waals surface area contributed by atoms with Crippen molar-refractivity contribution in [2.45, 2.75) is 32.7 Å². The number of hydrogen-bond acceptors (Lipinski definition) is 10. The summed E-state index contributed by atoms with van der Waals surface area (Å²) in [5.41, 5.74) is 8.63. The molecule has 2 atom stereocenters. The van der Waals surface area contributed by atoms with Gasteiger partial charge in [-0.1, -0.05) is 29.5 Å². The fraction of sp³-hybridized carbons (Fsp3) is 0.440. The molecule has 0 radical (unpaired) electrons. The third kappa shape index (κ3) is 7.39. The molecule has 4 N–H and O–H groups in total. The van der Waals surface area contributed by atoms with Crippen LogP contribution >= 0.6 is 11.3 Å². The Morgan fingerprint density at radius 2 is 1.58 bits per heavy atom. The molecule has 38 heavy (non-hydrogen) atoms. The number of alkyl halides is 3. The van der Waals surface area contributed by atoms with Crippen LogP contribution in [0.15, 0.2) is 30.3 Å². The summed E-state index contributed by atoms with van der Waals surface area (Å²) >= 11 is 0.300. The number of nitrogens with one attached hydrogen (secondary N) is 1. The van der Waals surface area contributed by atoms with E-state index in [1.807, 2.05) is 32.0 Å². The van der Waals surface area contributed by atoms with Crippen LogP contribution in [0.3, 0.4) is 0 Å². The molecule has 0 bridgehead atoms. The number of nitrogens with zero attached hydrogens (tertiary/aromatic N) is 2. The van der Waals surface area contributed by atoms with Crippen LogP contribution in [0.25, 0.3) is 0 Å². The van der Waals surface area contributed by atoms with E-state index in [1.54, 1.807) is 12.1 Å². The van der Waals surface area contributed by atoms with E-state index in [9.17, 15) is 18.3 Å². The summed E-state index contributed by atoms with van der Waals surface area (Å²) in [5.74, 6) is 1.45. The molecule has 9 nitrogen and oxygen atoms in total. The summed E-state index contributed by atoms with van der Waals surface area (Å²) in [7, 11) is 2.98. The lowest BCUT2D eigenvalue weighted by atomic mass is 9.97. The first-order valence-corrected chi connectivity index (χ1v) is 12.5. The molecule has 0 aliphatic heterocycles. The highest BCUT2D eigenvalue weighted by molar-refractivity contribution is 7.15. The van der Waals surface area contributed by atoms with Gasteiger partial charge in [0.25, 0.3) is 0 Å². The summed E-state index contributed by atoms with van der Waals surface area (Å²) in [6.45, 7) is 4.52. The zero-order chi connectivity index (χ0) is 27.9. The first kappa shape index (κ1) is 29.3. The Kier molecular flexibility index (Phi) is 10.00. The van der Waals surface area contributed by atoms with Crippen molar-refractivity contribution in [1.82, 2.24) is 10.2 Å². The minimum atomic E-state index is -4.61. The number of methoxy groups -OCH3 is 2. The first-order chi connectivity index (χ1) is 18.1. The Balaban J connectivity index is 1.67. The summed E-state index contributed by atoms with van der Waals surface area (Å²) < 4.78 is 61.2. The number of aromatic nitrogens is 2. The van der Waals surface area contributed by atoms with Gasteiger partial charge in [0, 0.05) is 5.92 Å². The zero-order valence-electron chi connectivity index (χ0n) is 21.5. The largest absolute Gasteiger partial charge is 0.493 e. The van der Waals surface area contributed by atoms with E-state index in [1.165, 1.54) is 14.2 Å². The molecule has 3 aromatic rings. The monoisotopic (exact) mass is 556 g/mol. The third-order valence-electron chi connectivity index (χ3n) is 5.69. The average Bonchev–Trinajstić information content (AvgIpc) is 3.35. The number of benzene rings is 2. The number of para-hydroxylation sites is 1. The molecule has 1 heterocycles. The fourth-order valence-corrected chi connectivity index (χ4v) is 4.42. The second kappa shape index (κ2) is 13.0. The van der Waals surface area contributed by atoms with Crippen molar-refractivity contribution in [3.63, 3.8) is 0 Å². The summed E-state index contributed by atoms with van der Waals surface area (Å²) in [5, 5.41) is 18.4. The Morgan fingerprint density at radius 1 is 1.00 bits per heavy atom. The number of nitrogens with two attached hydrogens (primary N) is 1. The fourth-order valence-electron chi connectivity index (χ4n) is 3.78. The molecule has 0 saturated heterocycles. The first-order valence-electron chi connectivity index (χ1n) is 11.7. The molecule has 0 amide bonds. The van der Waals surface area contributed by atoms with Crippen molar-refractivity contribution in [3.8, 4) is 23.0 Å². The highest BCUT2D eigenvalue weighted by Gasteiger charge is 2.36. The highest BCUT2D eigenvalue weighted by atomic mass is 32.1. The van der Waals surface area contributed by atoms with E-state index in [0.29, 0.717) is 40.8 Å². The van der Waals surface area contributed by atoms with Gasteiger partial charge in [-0.15, -0.1) is 10.2 Å². The minimum Gasteiger partial charge on any atom is -0.493 e. The molecule has 0 fully saturated rings. The number of anilines is 1. The Morgan fingerprint density at radius 3 is 2.08 bits per heavy atom. The quantitative estimate of drug-likeness (QED) is 0.210. The topological polar surface area (TPSA) is 121 Å². The molecule has 2 unspecified atom stereocenters. The van der Waals surface area contributed by atoms with Gasteiger partial charge in [0.05, 0.1) is 14.2 Å². The van der Waals surface area contributed by atoms with Crippen LogP contribution < -0.4 is 30.0 Å². The Labute approximate surface area is 222 Å². The van der Waals surface area contributed by atoms with E-state index < -0.39 is 23.3 Å². The van der Waals surface area contributed by atoms with Gasteiger partial charge in [-0.05, 0) is 55.6 Å². The van der Waals surface area contributed by atoms with Crippen molar-refractivity contribution in [1.29, 1.82) is 0 Å². The molecule has 3 rings (SSSR count). The van der Waals surface area contributed by atoms with Crippen LogP contribution in [0.4, 0.5) is 18.3 Å². The molecular formula is C25H31F3N4O5S. The second-order valence-electron chi connectivity index (χ2n) is 8.45. The SMILES string of the molecule is COc1cc(CC(CN)C(O)Nc2nnc(C(F)(F)F)s2)cc(OC)c1OCCOc1c(C)cccc1C. The Bertz CT molecular complexity index is 1160. The van der Waals surface area contributed by atoms with Crippen LogP contribution in [0.5, 0.6) is 23.0 Å². The molecule has 2 aromatic carbocycles. The lowest BCUT2D eigenvalue weighted by Crippen LogP contribution is -2.35. The van der Waals surface area contributed by atoms with Crippen LogP contribution in [-0.4, -0.2) is 55.5 Å². The van der Waals surface area contributed by atoms with Crippen LogP contribution in [0, 0.1) is 19.8 Å². The smallest absolute Gasteiger partial charge is 0.445 e. The maximum Gasteiger partial charge on any atom is 0.445 e. The van der Waals surface area contributed by atoms with Crippen molar-refractivity contribution in [2.24, 2.45) is 11.7 Å². The molecule has 0 spiro atoms. The number of aliphatic hydroxyl groups excluding tert-OH is 1. The predicted molar refractivity (Wildman–Crippen MR) is 137 cm³/mol. The molecule has 1 aromatic heterocycles. The molecule has 208 valence electrons. The summed E-state index contributed by atoms with van der Waals surface area (Å²) in [6.07, 6.45) is -5.62. The van der Waals surface area contributed by atoms with Gasteiger partial charge >= 0.3 is 6.18 Å².